The van der Waals surface area contributed by atoms with E-state index in [0.717, 1.165) is 16.5 Å². The quantitative estimate of drug-likeness (QED) is 0.539. The number of nitrogen functional groups attached to an aromatic ring is 1. The number of rotatable bonds is 4. The van der Waals surface area contributed by atoms with Crippen LogP contribution >= 0.6 is 0 Å². The summed E-state index contributed by atoms with van der Waals surface area (Å²) in [6.07, 6.45) is 0. The molecule has 6 heteroatoms. The van der Waals surface area contributed by atoms with Gasteiger partial charge in [-0.25, -0.2) is 13.4 Å². The van der Waals surface area contributed by atoms with Crippen LogP contribution in [0.3, 0.4) is 0 Å². The van der Waals surface area contributed by atoms with E-state index in [0.29, 0.717) is 22.6 Å². The van der Waals surface area contributed by atoms with Crippen LogP contribution in [0.5, 0.6) is 0 Å². The Labute approximate surface area is 170 Å². The second-order valence-corrected chi connectivity index (χ2v) is 8.86. The van der Waals surface area contributed by atoms with Gasteiger partial charge < -0.3 is 5.73 Å². The van der Waals surface area contributed by atoms with Gasteiger partial charge in [0.05, 0.1) is 16.1 Å². The molecule has 4 rings (SSSR count). The van der Waals surface area contributed by atoms with Crippen molar-refractivity contribution in [1.82, 2.24) is 4.98 Å². The summed E-state index contributed by atoms with van der Waals surface area (Å²) in [4.78, 5) is 4.90. The first-order valence-electron chi connectivity index (χ1n) is 9.19. The largest absolute Gasteiger partial charge is 0.398 e. The minimum Gasteiger partial charge on any atom is -0.398 e. The number of hydrogen-bond donors (Lipinski definition) is 1. The number of pyridine rings is 1. The molecule has 1 heterocycles. The number of fused-ring (bicyclic) bond motifs is 1. The van der Waals surface area contributed by atoms with Crippen LogP contribution in [0.4, 0.5) is 11.5 Å². The van der Waals surface area contributed by atoms with Gasteiger partial charge in [0.1, 0.15) is 0 Å². The van der Waals surface area contributed by atoms with Crippen LogP contribution in [0.2, 0.25) is 0 Å². The number of nitrogens with two attached hydrogens (primary N) is 1. The summed E-state index contributed by atoms with van der Waals surface area (Å²) < 4.78 is 27.9. The number of nitrogens with zero attached hydrogens (tertiary/aromatic N) is 2. The summed E-state index contributed by atoms with van der Waals surface area (Å²) in [6.45, 7) is 1.92. The first-order valence-corrected chi connectivity index (χ1v) is 10.6. The molecule has 0 amide bonds. The molecule has 0 aliphatic carbocycles. The highest BCUT2D eigenvalue weighted by molar-refractivity contribution is 7.92. The molecule has 3 aromatic carbocycles. The predicted octanol–water partition coefficient (Wildman–Crippen LogP) is 4.62. The van der Waals surface area contributed by atoms with Crippen molar-refractivity contribution in [3.8, 4) is 11.1 Å². The minimum absolute atomic E-state index is 0.207. The van der Waals surface area contributed by atoms with Crippen molar-refractivity contribution in [3.63, 3.8) is 0 Å². The third kappa shape index (κ3) is 3.32. The Kier molecular flexibility index (Phi) is 4.72. The van der Waals surface area contributed by atoms with Crippen LogP contribution in [0.25, 0.3) is 22.0 Å². The van der Waals surface area contributed by atoms with Crippen LogP contribution in [-0.4, -0.2) is 20.4 Å². The van der Waals surface area contributed by atoms with Crippen LogP contribution < -0.4 is 10.0 Å². The van der Waals surface area contributed by atoms with E-state index < -0.39 is 10.0 Å². The lowest BCUT2D eigenvalue weighted by Crippen LogP contribution is -2.28. The number of anilines is 2. The molecule has 0 unspecified atom stereocenters. The molecule has 0 saturated heterocycles. The zero-order valence-electron chi connectivity index (χ0n) is 16.2. The second-order valence-electron chi connectivity index (χ2n) is 6.89. The van der Waals surface area contributed by atoms with Crippen LogP contribution in [0.1, 0.15) is 5.56 Å². The average Bonchev–Trinajstić information content (AvgIpc) is 2.74. The lowest BCUT2D eigenvalue weighted by atomic mass is 10.0. The van der Waals surface area contributed by atoms with Crippen LogP contribution in [-0.2, 0) is 10.0 Å². The first kappa shape index (κ1) is 19.0. The second kappa shape index (κ2) is 7.22. The highest BCUT2D eigenvalue weighted by Gasteiger charge is 2.27. The van der Waals surface area contributed by atoms with E-state index in [9.17, 15) is 8.42 Å². The molecule has 5 nitrogen and oxygen atoms in total. The van der Waals surface area contributed by atoms with Crippen molar-refractivity contribution in [3.05, 3.63) is 84.4 Å². The van der Waals surface area contributed by atoms with Gasteiger partial charge in [-0.1, -0.05) is 66.2 Å². The molecule has 0 fully saturated rings. The molecule has 2 N–H and O–H groups in total. The molecule has 0 saturated carbocycles. The normalized spacial score (nSPS) is 11.5. The van der Waals surface area contributed by atoms with E-state index in [1.54, 1.807) is 24.3 Å². The smallest absolute Gasteiger partial charge is 0.265 e. The third-order valence-corrected chi connectivity index (χ3v) is 6.72. The Bertz CT molecular complexity index is 1290. The highest BCUT2D eigenvalue weighted by atomic mass is 32.2. The molecule has 1 aromatic heterocycles. The molecule has 0 atom stereocenters. The molecular weight excluding hydrogens is 382 g/mol. The van der Waals surface area contributed by atoms with Crippen molar-refractivity contribution >= 4 is 32.4 Å². The molecule has 146 valence electrons. The Hall–Kier alpha value is -3.38. The van der Waals surface area contributed by atoms with Gasteiger partial charge in [0.2, 0.25) is 0 Å². The Morgan fingerprint density at radius 2 is 1.48 bits per heavy atom. The molecule has 0 bridgehead atoms. The summed E-state index contributed by atoms with van der Waals surface area (Å²) in [5.74, 6) is 0.299. The molecule has 4 aromatic rings. The van der Waals surface area contributed by atoms with Crippen LogP contribution in [0, 0.1) is 6.92 Å². The summed E-state index contributed by atoms with van der Waals surface area (Å²) in [5, 5.41) is 0.788. The summed E-state index contributed by atoms with van der Waals surface area (Å²) in [6, 6.07) is 23.7. The van der Waals surface area contributed by atoms with E-state index >= 15 is 0 Å². The molecule has 0 aliphatic rings. The molecule has 0 aliphatic heterocycles. The lowest BCUT2D eigenvalue weighted by molar-refractivity contribution is 0.594. The number of sulfonamides is 1. The fourth-order valence-corrected chi connectivity index (χ4v) is 4.48. The topological polar surface area (TPSA) is 76.3 Å². The minimum atomic E-state index is -3.81. The van der Waals surface area contributed by atoms with Gasteiger partial charge in [-0.2, -0.15) is 0 Å². The average molecular weight is 404 g/mol. The summed E-state index contributed by atoms with van der Waals surface area (Å²) in [5.41, 5.74) is 10.1. The van der Waals surface area contributed by atoms with Crippen molar-refractivity contribution in [2.75, 3.05) is 17.1 Å². The van der Waals surface area contributed by atoms with E-state index in [-0.39, 0.29) is 4.90 Å². The number of aryl methyl sites for hydroxylation is 1. The van der Waals surface area contributed by atoms with Crippen molar-refractivity contribution in [2.45, 2.75) is 11.8 Å². The summed E-state index contributed by atoms with van der Waals surface area (Å²) in [7, 11) is -2.30. The van der Waals surface area contributed by atoms with Gasteiger partial charge in [-0.15, -0.1) is 0 Å². The third-order valence-electron chi connectivity index (χ3n) is 4.95. The van der Waals surface area contributed by atoms with Crippen molar-refractivity contribution in [1.29, 1.82) is 0 Å². The van der Waals surface area contributed by atoms with E-state index in [1.807, 2.05) is 61.5 Å². The predicted molar refractivity (Wildman–Crippen MR) is 118 cm³/mol. The van der Waals surface area contributed by atoms with E-state index in [2.05, 4.69) is 4.98 Å². The fourth-order valence-electron chi connectivity index (χ4n) is 3.32. The Morgan fingerprint density at radius 1 is 0.862 bits per heavy atom. The zero-order valence-corrected chi connectivity index (χ0v) is 17.0. The Balaban J connectivity index is 1.98. The first-order chi connectivity index (χ1) is 13.9. The van der Waals surface area contributed by atoms with Gasteiger partial charge in [-0.05, 0) is 30.7 Å². The monoisotopic (exact) mass is 403 g/mol. The van der Waals surface area contributed by atoms with Gasteiger partial charge in [0.25, 0.3) is 10.0 Å². The molecule has 0 radical (unpaired) electrons. The molecule has 29 heavy (non-hydrogen) atoms. The lowest BCUT2D eigenvalue weighted by Gasteiger charge is -2.23. The van der Waals surface area contributed by atoms with E-state index in [1.165, 1.54) is 11.4 Å². The summed E-state index contributed by atoms with van der Waals surface area (Å²) >= 11 is 0. The van der Waals surface area contributed by atoms with Crippen LogP contribution in [0.15, 0.2) is 83.8 Å². The number of benzene rings is 3. The Morgan fingerprint density at radius 3 is 2.17 bits per heavy atom. The highest BCUT2D eigenvalue weighted by Crippen LogP contribution is 2.40. The maximum atomic E-state index is 13.3. The zero-order chi connectivity index (χ0) is 20.6. The SMILES string of the molecule is Cc1ccc(S(=O)(=O)N(C)c2nc3ccccc3c(N)c2-c2ccccc2)cc1. The van der Waals surface area contributed by atoms with E-state index in [4.69, 9.17) is 5.73 Å². The maximum Gasteiger partial charge on any atom is 0.265 e. The van der Waals surface area contributed by atoms with Gasteiger partial charge in [0.15, 0.2) is 5.82 Å². The fraction of sp³-hybridized carbons (Fsp3) is 0.0870. The molecule has 0 spiro atoms. The van der Waals surface area contributed by atoms with Gasteiger partial charge in [0, 0.05) is 18.0 Å². The number of para-hydroxylation sites is 1. The maximum absolute atomic E-state index is 13.3. The molecular formula is C23H21N3O2S. The number of hydrogen-bond acceptors (Lipinski definition) is 4. The van der Waals surface area contributed by atoms with Crippen molar-refractivity contribution < 1.29 is 8.42 Å². The van der Waals surface area contributed by atoms with Gasteiger partial charge in [-0.3, -0.25) is 4.31 Å². The van der Waals surface area contributed by atoms with Crippen molar-refractivity contribution in [2.24, 2.45) is 0 Å². The number of aromatic nitrogens is 1. The standard InChI is InChI=1S/C23H21N3O2S/c1-16-12-14-18(15-13-16)29(27,28)26(2)23-21(17-8-4-3-5-9-17)22(24)19-10-6-7-11-20(19)25-23/h3-15H,1-2H3,(H2,24,25). The van der Waals surface area contributed by atoms with Gasteiger partial charge >= 0.3 is 0 Å².